The van der Waals surface area contributed by atoms with Crippen molar-refractivity contribution in [2.75, 3.05) is 7.05 Å². The van der Waals surface area contributed by atoms with Crippen molar-refractivity contribution < 1.29 is 0 Å². The van der Waals surface area contributed by atoms with Crippen LogP contribution in [0.4, 0.5) is 0 Å². The lowest BCUT2D eigenvalue weighted by atomic mass is 10.1. The van der Waals surface area contributed by atoms with Crippen LogP contribution in [0.5, 0.6) is 0 Å². The maximum absolute atomic E-state index is 3.48. The summed E-state index contributed by atoms with van der Waals surface area (Å²) in [6.45, 7) is 0. The zero-order valence-electron chi connectivity index (χ0n) is 7.05. The Morgan fingerprint density at radius 3 is 2.92 bits per heavy atom. The van der Waals surface area contributed by atoms with Crippen LogP contribution in [-0.4, -0.2) is 13.1 Å². The highest BCUT2D eigenvalue weighted by atomic mass is 79.9. The first kappa shape index (κ1) is 8.27. The Balaban J connectivity index is 2.14. The van der Waals surface area contributed by atoms with Crippen molar-refractivity contribution >= 4 is 15.9 Å². The predicted octanol–water partition coefficient (Wildman–Crippen LogP) is 2.52. The van der Waals surface area contributed by atoms with Gasteiger partial charge in [0.25, 0.3) is 0 Å². The molecule has 0 saturated heterocycles. The normalized spacial score (nSPS) is 27.2. The molecule has 1 saturated carbocycles. The van der Waals surface area contributed by atoms with Gasteiger partial charge in [-0.25, -0.2) is 0 Å². The number of benzene rings is 1. The molecule has 1 aliphatic rings. The van der Waals surface area contributed by atoms with Gasteiger partial charge in [0.05, 0.1) is 0 Å². The zero-order valence-corrected chi connectivity index (χ0v) is 8.64. The number of nitrogens with one attached hydrogen (secondary N) is 1. The van der Waals surface area contributed by atoms with Crippen molar-refractivity contribution in [3.63, 3.8) is 0 Å². The monoisotopic (exact) mass is 225 g/mol. The lowest BCUT2D eigenvalue weighted by molar-refractivity contribution is 0.783. The van der Waals surface area contributed by atoms with Crippen LogP contribution in [0.1, 0.15) is 17.9 Å². The molecule has 2 rings (SSSR count). The minimum absolute atomic E-state index is 0.708. The third kappa shape index (κ3) is 1.54. The van der Waals surface area contributed by atoms with Gasteiger partial charge in [-0.1, -0.05) is 28.1 Å². The summed E-state index contributed by atoms with van der Waals surface area (Å²) in [4.78, 5) is 0. The summed E-state index contributed by atoms with van der Waals surface area (Å²) in [6.07, 6.45) is 1.28. The van der Waals surface area contributed by atoms with Gasteiger partial charge in [-0.05, 0) is 31.2 Å². The fourth-order valence-corrected chi connectivity index (χ4v) is 2.04. The van der Waals surface area contributed by atoms with Crippen LogP contribution in [0.15, 0.2) is 28.7 Å². The molecule has 0 aromatic heterocycles. The van der Waals surface area contributed by atoms with Crippen LogP contribution < -0.4 is 5.32 Å². The first-order valence-corrected chi connectivity index (χ1v) is 5.03. The topological polar surface area (TPSA) is 12.0 Å². The molecule has 64 valence electrons. The van der Waals surface area contributed by atoms with E-state index in [4.69, 9.17) is 0 Å². The number of hydrogen-bond acceptors (Lipinski definition) is 1. The summed E-state index contributed by atoms with van der Waals surface area (Å²) in [5.41, 5.74) is 1.45. The molecule has 0 bridgehead atoms. The average molecular weight is 226 g/mol. The van der Waals surface area contributed by atoms with E-state index in [1.165, 1.54) is 16.5 Å². The third-order valence-electron chi connectivity index (χ3n) is 2.44. The van der Waals surface area contributed by atoms with E-state index in [0.29, 0.717) is 6.04 Å². The van der Waals surface area contributed by atoms with Gasteiger partial charge in [0.1, 0.15) is 0 Å². The maximum Gasteiger partial charge on any atom is 0.0178 e. The minimum Gasteiger partial charge on any atom is -0.316 e. The van der Waals surface area contributed by atoms with E-state index in [1.54, 1.807) is 0 Å². The minimum atomic E-state index is 0.708. The first-order valence-electron chi connectivity index (χ1n) is 4.24. The standard InChI is InChI=1S/C10H12BrN/c1-12-10-6-9(10)7-3-2-4-8(11)5-7/h2-5,9-10,12H,6H2,1H3. The predicted molar refractivity (Wildman–Crippen MR) is 54.3 cm³/mol. The van der Waals surface area contributed by atoms with E-state index in [0.717, 1.165) is 5.92 Å². The Labute approximate surface area is 81.3 Å². The molecule has 1 fully saturated rings. The van der Waals surface area contributed by atoms with Crippen molar-refractivity contribution in [2.45, 2.75) is 18.4 Å². The molecule has 0 spiro atoms. The number of hydrogen-bond donors (Lipinski definition) is 1. The van der Waals surface area contributed by atoms with Crippen molar-refractivity contribution in [3.05, 3.63) is 34.3 Å². The molecule has 1 aliphatic carbocycles. The van der Waals surface area contributed by atoms with E-state index in [1.807, 2.05) is 7.05 Å². The van der Waals surface area contributed by atoms with Gasteiger partial charge in [0.2, 0.25) is 0 Å². The van der Waals surface area contributed by atoms with Gasteiger partial charge in [-0.3, -0.25) is 0 Å². The fraction of sp³-hybridized carbons (Fsp3) is 0.400. The molecule has 0 aliphatic heterocycles. The van der Waals surface area contributed by atoms with Gasteiger partial charge >= 0.3 is 0 Å². The first-order chi connectivity index (χ1) is 5.81. The lowest BCUT2D eigenvalue weighted by Crippen LogP contribution is -2.10. The van der Waals surface area contributed by atoms with Crippen LogP contribution >= 0.6 is 15.9 Å². The van der Waals surface area contributed by atoms with Crippen molar-refractivity contribution in [3.8, 4) is 0 Å². The molecule has 12 heavy (non-hydrogen) atoms. The second-order valence-corrected chi connectivity index (χ2v) is 4.21. The summed E-state index contributed by atoms with van der Waals surface area (Å²) >= 11 is 3.48. The molecular weight excluding hydrogens is 214 g/mol. The molecule has 1 aromatic rings. The highest BCUT2D eigenvalue weighted by Crippen LogP contribution is 2.40. The summed E-state index contributed by atoms with van der Waals surface area (Å²) < 4.78 is 1.18. The Kier molecular flexibility index (Phi) is 2.20. The summed E-state index contributed by atoms with van der Waals surface area (Å²) in [5, 5.41) is 3.29. The third-order valence-corrected chi connectivity index (χ3v) is 2.93. The summed E-state index contributed by atoms with van der Waals surface area (Å²) in [5.74, 6) is 0.743. The molecule has 2 unspecified atom stereocenters. The molecule has 1 nitrogen and oxygen atoms in total. The highest BCUT2D eigenvalue weighted by Gasteiger charge is 2.36. The molecule has 2 heteroatoms. The fourth-order valence-electron chi connectivity index (χ4n) is 1.62. The van der Waals surface area contributed by atoms with Crippen molar-refractivity contribution in [2.24, 2.45) is 0 Å². The van der Waals surface area contributed by atoms with Gasteiger partial charge in [-0.15, -0.1) is 0 Å². The number of rotatable bonds is 2. The Morgan fingerprint density at radius 2 is 2.33 bits per heavy atom. The number of likely N-dealkylation sites (N-methyl/N-ethyl adjacent to an activating group) is 1. The van der Waals surface area contributed by atoms with Gasteiger partial charge in [0.15, 0.2) is 0 Å². The van der Waals surface area contributed by atoms with Gasteiger partial charge in [0, 0.05) is 16.4 Å². The molecule has 0 amide bonds. The van der Waals surface area contributed by atoms with E-state index < -0.39 is 0 Å². The van der Waals surface area contributed by atoms with Crippen LogP contribution in [0.25, 0.3) is 0 Å². The largest absolute Gasteiger partial charge is 0.316 e. The lowest BCUT2D eigenvalue weighted by Gasteiger charge is -1.99. The molecule has 2 atom stereocenters. The van der Waals surface area contributed by atoms with E-state index in [-0.39, 0.29) is 0 Å². The molecule has 1 aromatic carbocycles. The van der Waals surface area contributed by atoms with Gasteiger partial charge < -0.3 is 5.32 Å². The Morgan fingerprint density at radius 1 is 1.50 bits per heavy atom. The van der Waals surface area contributed by atoms with Crippen molar-refractivity contribution in [1.82, 2.24) is 5.32 Å². The van der Waals surface area contributed by atoms with E-state index >= 15 is 0 Å². The van der Waals surface area contributed by atoms with Gasteiger partial charge in [-0.2, -0.15) is 0 Å². The average Bonchev–Trinajstić information content (AvgIpc) is 2.83. The van der Waals surface area contributed by atoms with E-state index in [2.05, 4.69) is 45.5 Å². The molecular formula is C10H12BrN. The Hall–Kier alpha value is -0.340. The Bertz CT molecular complexity index is 285. The molecule has 1 N–H and O–H groups in total. The second-order valence-electron chi connectivity index (χ2n) is 3.29. The quantitative estimate of drug-likeness (QED) is 0.816. The van der Waals surface area contributed by atoms with Crippen LogP contribution in [0, 0.1) is 0 Å². The molecule has 0 radical (unpaired) electrons. The molecule has 0 heterocycles. The van der Waals surface area contributed by atoms with Crippen LogP contribution in [-0.2, 0) is 0 Å². The van der Waals surface area contributed by atoms with Crippen molar-refractivity contribution in [1.29, 1.82) is 0 Å². The smallest absolute Gasteiger partial charge is 0.0178 e. The SMILES string of the molecule is CNC1CC1c1cccc(Br)c1. The van der Waals surface area contributed by atoms with Crippen LogP contribution in [0.3, 0.4) is 0 Å². The summed E-state index contributed by atoms with van der Waals surface area (Å²) in [6, 6.07) is 9.29. The summed E-state index contributed by atoms with van der Waals surface area (Å²) in [7, 11) is 2.03. The zero-order chi connectivity index (χ0) is 8.55. The van der Waals surface area contributed by atoms with Crippen LogP contribution in [0.2, 0.25) is 0 Å². The number of halogens is 1. The maximum atomic E-state index is 3.48. The van der Waals surface area contributed by atoms with E-state index in [9.17, 15) is 0 Å². The second kappa shape index (κ2) is 3.19. The highest BCUT2D eigenvalue weighted by molar-refractivity contribution is 9.10.